The van der Waals surface area contributed by atoms with Gasteiger partial charge in [0.1, 0.15) is 0 Å². The third kappa shape index (κ3) is 1.29. The summed E-state index contributed by atoms with van der Waals surface area (Å²) in [5.41, 5.74) is 0. The van der Waals surface area contributed by atoms with Crippen LogP contribution in [0.4, 0.5) is 0 Å². The summed E-state index contributed by atoms with van der Waals surface area (Å²) in [5, 5.41) is 10.3. The maximum atomic E-state index is 5.03. The first-order valence-corrected chi connectivity index (χ1v) is 4.73. The van der Waals surface area contributed by atoms with E-state index in [0.29, 0.717) is 10.8 Å². The highest BCUT2D eigenvalue weighted by molar-refractivity contribution is 7.71. The van der Waals surface area contributed by atoms with E-state index in [1.165, 1.54) is 12.8 Å². The quantitative estimate of drug-likeness (QED) is 0.727. The van der Waals surface area contributed by atoms with Crippen LogP contribution in [-0.4, -0.2) is 20.2 Å². The summed E-state index contributed by atoms with van der Waals surface area (Å²) in [4.78, 5) is 0. The Morgan fingerprint density at radius 3 is 2.92 bits per heavy atom. The number of hydrogen-bond acceptors (Lipinski definition) is 3. The molecule has 66 valence electrons. The second kappa shape index (κ2) is 2.97. The maximum Gasteiger partial charge on any atom is 0.238 e. The molecule has 1 aromatic rings. The van der Waals surface area contributed by atoms with Gasteiger partial charge < -0.3 is 0 Å². The first-order valence-electron chi connectivity index (χ1n) is 4.32. The molecule has 1 atom stereocenters. The summed E-state index contributed by atoms with van der Waals surface area (Å²) in [7, 11) is 0. The number of nitrogens with one attached hydrogen (secondary N) is 1. The van der Waals surface area contributed by atoms with Crippen molar-refractivity contribution in [2.24, 2.45) is 5.92 Å². The van der Waals surface area contributed by atoms with Crippen LogP contribution in [-0.2, 0) is 0 Å². The van der Waals surface area contributed by atoms with Gasteiger partial charge in [-0.2, -0.15) is 5.21 Å². The molecule has 0 spiro atoms. The Balaban J connectivity index is 2.26. The molecule has 1 saturated carbocycles. The summed E-state index contributed by atoms with van der Waals surface area (Å²) in [6.07, 6.45) is 3.74. The van der Waals surface area contributed by atoms with E-state index in [-0.39, 0.29) is 0 Å². The number of nitrogens with zero attached hydrogens (tertiary/aromatic N) is 3. The maximum absolute atomic E-state index is 5.03. The van der Waals surface area contributed by atoms with Gasteiger partial charge in [0.25, 0.3) is 0 Å². The van der Waals surface area contributed by atoms with E-state index in [9.17, 15) is 0 Å². The Morgan fingerprint density at radius 1 is 1.75 bits per heavy atom. The lowest BCUT2D eigenvalue weighted by atomic mass is 10.1. The number of tetrazole rings is 1. The molecular weight excluding hydrogens is 172 g/mol. The largest absolute Gasteiger partial charge is 0.239 e. The summed E-state index contributed by atoms with van der Waals surface area (Å²) in [6, 6.07) is 0.493. The van der Waals surface area contributed by atoms with Crippen LogP contribution in [0.5, 0.6) is 0 Å². The van der Waals surface area contributed by atoms with Gasteiger partial charge in [-0.25, -0.2) is 4.68 Å². The van der Waals surface area contributed by atoms with Crippen LogP contribution in [0.25, 0.3) is 0 Å². The molecular formula is C7H12N4S. The van der Waals surface area contributed by atoms with Crippen molar-refractivity contribution in [1.29, 1.82) is 0 Å². The second-order valence-corrected chi connectivity index (χ2v) is 3.63. The first kappa shape index (κ1) is 7.91. The molecule has 1 N–H and O–H groups in total. The molecule has 1 aromatic heterocycles. The molecule has 1 unspecified atom stereocenters. The van der Waals surface area contributed by atoms with Gasteiger partial charge in [0, 0.05) is 0 Å². The van der Waals surface area contributed by atoms with E-state index in [2.05, 4.69) is 22.4 Å². The molecule has 2 rings (SSSR count). The second-order valence-electron chi connectivity index (χ2n) is 3.27. The standard InChI is InChI=1S/C7H12N4S/c1-2-6(5-3-4-5)11-7(12)8-9-10-11/h5-6H,2-4H2,1H3,(H,8,10,12). The minimum Gasteiger partial charge on any atom is -0.239 e. The fraction of sp³-hybridized carbons (Fsp3) is 0.857. The lowest BCUT2D eigenvalue weighted by Crippen LogP contribution is -2.12. The zero-order valence-corrected chi connectivity index (χ0v) is 7.84. The molecule has 1 aliphatic rings. The van der Waals surface area contributed by atoms with E-state index in [1.54, 1.807) is 0 Å². The van der Waals surface area contributed by atoms with E-state index < -0.39 is 0 Å². The normalized spacial score (nSPS) is 19.4. The first-order chi connectivity index (χ1) is 5.83. The van der Waals surface area contributed by atoms with Crippen LogP contribution < -0.4 is 0 Å². The minimum atomic E-state index is 0.493. The summed E-state index contributed by atoms with van der Waals surface area (Å²) < 4.78 is 2.49. The number of aromatic nitrogens is 4. The van der Waals surface area contributed by atoms with E-state index in [1.807, 2.05) is 4.68 Å². The molecule has 0 amide bonds. The summed E-state index contributed by atoms with van der Waals surface area (Å²) in [6.45, 7) is 2.17. The molecule has 0 bridgehead atoms. The highest BCUT2D eigenvalue weighted by atomic mass is 32.1. The van der Waals surface area contributed by atoms with Crippen LogP contribution in [0.3, 0.4) is 0 Å². The lowest BCUT2D eigenvalue weighted by molar-refractivity contribution is 0.381. The highest BCUT2D eigenvalue weighted by Crippen LogP contribution is 2.40. The molecule has 0 aliphatic heterocycles. The van der Waals surface area contributed by atoms with Gasteiger partial charge in [-0.3, -0.25) is 0 Å². The topological polar surface area (TPSA) is 46.5 Å². The van der Waals surface area contributed by atoms with Crippen molar-refractivity contribution in [2.45, 2.75) is 32.2 Å². The van der Waals surface area contributed by atoms with Gasteiger partial charge >= 0.3 is 0 Å². The van der Waals surface area contributed by atoms with Crippen molar-refractivity contribution in [2.75, 3.05) is 0 Å². The van der Waals surface area contributed by atoms with Crippen LogP contribution in [0.15, 0.2) is 0 Å². The molecule has 1 aliphatic carbocycles. The van der Waals surface area contributed by atoms with Gasteiger partial charge in [0.05, 0.1) is 6.04 Å². The molecule has 0 radical (unpaired) electrons. The Bertz CT molecular complexity index is 311. The Morgan fingerprint density at radius 2 is 2.50 bits per heavy atom. The monoisotopic (exact) mass is 184 g/mol. The van der Waals surface area contributed by atoms with Gasteiger partial charge in [-0.15, -0.1) is 0 Å². The highest BCUT2D eigenvalue weighted by Gasteiger charge is 2.31. The third-order valence-corrected chi connectivity index (χ3v) is 2.69. The Hall–Kier alpha value is -0.710. The molecule has 1 fully saturated rings. The van der Waals surface area contributed by atoms with Crippen LogP contribution in [0.2, 0.25) is 0 Å². The van der Waals surface area contributed by atoms with Crippen LogP contribution in [0.1, 0.15) is 32.2 Å². The van der Waals surface area contributed by atoms with Crippen LogP contribution in [0, 0.1) is 10.7 Å². The Kier molecular flexibility index (Phi) is 1.96. The van der Waals surface area contributed by atoms with Crippen molar-refractivity contribution < 1.29 is 0 Å². The van der Waals surface area contributed by atoms with Crippen molar-refractivity contribution in [3.8, 4) is 0 Å². The van der Waals surface area contributed by atoms with Gasteiger partial charge in [0.2, 0.25) is 4.77 Å². The predicted octanol–water partition coefficient (Wildman–Crippen LogP) is 1.70. The fourth-order valence-electron chi connectivity index (χ4n) is 1.63. The molecule has 0 aromatic carbocycles. The number of H-pyrrole nitrogens is 1. The SMILES string of the molecule is CCC(C1CC1)n1[nH]nnc1=S. The molecule has 5 heteroatoms. The Labute approximate surface area is 76.0 Å². The molecule has 1 heterocycles. The van der Waals surface area contributed by atoms with Crippen molar-refractivity contribution in [3.05, 3.63) is 4.77 Å². The van der Waals surface area contributed by atoms with E-state index in [4.69, 9.17) is 12.2 Å². The minimum absolute atomic E-state index is 0.493. The lowest BCUT2D eigenvalue weighted by Gasteiger charge is -2.13. The molecule has 4 nitrogen and oxygen atoms in total. The van der Waals surface area contributed by atoms with Crippen molar-refractivity contribution in [3.63, 3.8) is 0 Å². The molecule has 12 heavy (non-hydrogen) atoms. The van der Waals surface area contributed by atoms with Crippen molar-refractivity contribution in [1.82, 2.24) is 20.2 Å². The van der Waals surface area contributed by atoms with Gasteiger partial charge in [-0.1, -0.05) is 17.2 Å². The fourth-order valence-corrected chi connectivity index (χ4v) is 1.85. The number of aromatic amines is 1. The number of hydrogen-bond donors (Lipinski definition) is 1. The summed E-state index contributed by atoms with van der Waals surface area (Å²) >= 11 is 5.03. The van der Waals surface area contributed by atoms with E-state index in [0.717, 1.165) is 12.3 Å². The predicted molar refractivity (Wildman–Crippen MR) is 47.3 cm³/mol. The zero-order valence-electron chi connectivity index (χ0n) is 7.03. The van der Waals surface area contributed by atoms with E-state index >= 15 is 0 Å². The van der Waals surface area contributed by atoms with Gasteiger partial charge in [0.15, 0.2) is 0 Å². The average molecular weight is 184 g/mol. The van der Waals surface area contributed by atoms with Crippen LogP contribution >= 0.6 is 12.2 Å². The summed E-state index contributed by atoms with van der Waals surface area (Å²) in [5.74, 6) is 0.795. The third-order valence-electron chi connectivity index (χ3n) is 2.41. The zero-order chi connectivity index (χ0) is 8.55. The molecule has 0 saturated heterocycles. The number of rotatable bonds is 3. The smallest absolute Gasteiger partial charge is 0.238 e. The van der Waals surface area contributed by atoms with Gasteiger partial charge in [-0.05, 0) is 37.4 Å². The van der Waals surface area contributed by atoms with Crippen molar-refractivity contribution >= 4 is 12.2 Å². The average Bonchev–Trinajstić information content (AvgIpc) is 2.80.